The summed E-state index contributed by atoms with van der Waals surface area (Å²) in [6.07, 6.45) is 0.678. The standard InChI is InChI=1S/C19H17NOS.C8H7N3O5/c1-14-6-5-9-17(12-14)20(2)19(22)21-18-11-10-15-7-3-4-8-16(15)13-18;12-8-10(3-4-15-8)9-5-6-1-2-7(16-6)11(13)14/h3-13H,1-2H3;1-2,5H,3-4H2. The molecule has 3 aromatic carbocycles. The van der Waals surface area contributed by atoms with Crippen LogP contribution in [0.15, 0.2) is 88.4 Å². The third-order valence-corrected chi connectivity index (χ3v) is 5.80. The second-order valence-electron chi connectivity index (χ2n) is 8.19. The molecular formula is C27H24N4O6S. The third kappa shape index (κ3) is 6.71. The van der Waals surface area contributed by atoms with E-state index in [0.717, 1.165) is 21.8 Å². The van der Waals surface area contributed by atoms with Crippen molar-refractivity contribution in [3.63, 3.8) is 0 Å². The molecule has 0 atom stereocenters. The minimum atomic E-state index is -0.651. The minimum absolute atomic E-state index is 0.200. The molecule has 38 heavy (non-hydrogen) atoms. The number of thiocarbonyl (C=S) groups is 1. The summed E-state index contributed by atoms with van der Waals surface area (Å²) in [6, 6.07) is 25.0. The molecule has 10 nitrogen and oxygen atoms in total. The number of carbonyl (C=O) groups is 1. The average Bonchev–Trinajstić information content (AvgIpc) is 3.56. The Labute approximate surface area is 223 Å². The van der Waals surface area contributed by atoms with Crippen molar-refractivity contribution in [2.24, 2.45) is 5.10 Å². The smallest absolute Gasteiger partial charge is 0.433 e. The highest BCUT2D eigenvalue weighted by Gasteiger charge is 2.21. The van der Waals surface area contributed by atoms with Crippen LogP contribution in [0.1, 0.15) is 11.3 Å². The topological polar surface area (TPSA) is 111 Å². The van der Waals surface area contributed by atoms with Gasteiger partial charge in [-0.05, 0) is 65.8 Å². The number of nitrogens with zero attached hydrogens (tertiary/aromatic N) is 4. The predicted molar refractivity (Wildman–Crippen MR) is 148 cm³/mol. The maximum Gasteiger partial charge on any atom is 0.433 e. The van der Waals surface area contributed by atoms with E-state index in [1.54, 1.807) is 0 Å². The summed E-state index contributed by atoms with van der Waals surface area (Å²) in [5.41, 5.74) is 2.21. The molecule has 11 heteroatoms. The van der Waals surface area contributed by atoms with E-state index in [-0.39, 0.29) is 18.3 Å². The fourth-order valence-electron chi connectivity index (χ4n) is 3.47. The number of carbonyl (C=O) groups excluding carboxylic acids is 1. The summed E-state index contributed by atoms with van der Waals surface area (Å²) < 4.78 is 15.3. The lowest BCUT2D eigenvalue weighted by Gasteiger charge is -2.20. The van der Waals surface area contributed by atoms with Crippen LogP contribution < -0.4 is 9.64 Å². The Morgan fingerprint density at radius 2 is 1.89 bits per heavy atom. The van der Waals surface area contributed by atoms with Gasteiger partial charge in [-0.15, -0.1) is 0 Å². The van der Waals surface area contributed by atoms with Crippen LogP contribution in [-0.2, 0) is 4.74 Å². The number of hydrazone groups is 1. The van der Waals surface area contributed by atoms with E-state index in [1.807, 2.05) is 54.4 Å². The Balaban J connectivity index is 0.000000186. The van der Waals surface area contributed by atoms with E-state index in [1.165, 1.54) is 29.3 Å². The Bertz CT molecular complexity index is 1500. The molecule has 0 spiro atoms. The number of hydrogen-bond acceptors (Lipinski definition) is 8. The van der Waals surface area contributed by atoms with Gasteiger partial charge in [0.25, 0.3) is 5.17 Å². The SMILES string of the molecule is Cc1cccc(N(C)C(=S)Oc2ccc3ccccc3c2)c1.O=C1OCCN1N=Cc1ccc([N+](=O)[O-])o1. The Morgan fingerprint density at radius 3 is 2.58 bits per heavy atom. The molecule has 0 radical (unpaired) electrons. The molecule has 1 amide bonds. The van der Waals surface area contributed by atoms with Crippen LogP contribution in [0, 0.1) is 17.0 Å². The molecule has 194 valence electrons. The van der Waals surface area contributed by atoms with E-state index in [0.29, 0.717) is 11.7 Å². The molecule has 0 N–H and O–H groups in total. The van der Waals surface area contributed by atoms with Gasteiger partial charge < -0.3 is 18.8 Å². The number of amides is 1. The minimum Gasteiger partial charge on any atom is -0.446 e. The van der Waals surface area contributed by atoms with E-state index in [4.69, 9.17) is 21.4 Å². The van der Waals surface area contributed by atoms with Crippen LogP contribution in [-0.4, -0.2) is 47.6 Å². The molecule has 0 aliphatic carbocycles. The lowest BCUT2D eigenvalue weighted by Crippen LogP contribution is -2.29. The van der Waals surface area contributed by atoms with Gasteiger partial charge in [0.2, 0.25) is 0 Å². The Kier molecular flexibility index (Phi) is 8.29. The Hall–Kier alpha value is -4.77. The first-order valence-corrected chi connectivity index (χ1v) is 11.9. The number of fused-ring (bicyclic) bond motifs is 1. The highest BCUT2D eigenvalue weighted by Crippen LogP contribution is 2.22. The largest absolute Gasteiger partial charge is 0.446 e. The summed E-state index contributed by atoms with van der Waals surface area (Å²) in [5.74, 6) is 0.583. The zero-order chi connectivity index (χ0) is 27.1. The highest BCUT2D eigenvalue weighted by molar-refractivity contribution is 7.80. The van der Waals surface area contributed by atoms with Crippen molar-refractivity contribution >= 4 is 52.0 Å². The van der Waals surface area contributed by atoms with E-state index in [9.17, 15) is 14.9 Å². The molecule has 1 aliphatic heterocycles. The van der Waals surface area contributed by atoms with E-state index >= 15 is 0 Å². The molecule has 4 aromatic rings. The molecule has 5 rings (SSSR count). The number of anilines is 1. The average molecular weight is 533 g/mol. The van der Waals surface area contributed by atoms with Crippen LogP contribution in [0.3, 0.4) is 0 Å². The highest BCUT2D eigenvalue weighted by atomic mass is 32.1. The molecule has 0 bridgehead atoms. The summed E-state index contributed by atoms with van der Waals surface area (Å²) in [7, 11) is 1.91. The van der Waals surface area contributed by atoms with Gasteiger partial charge in [0.05, 0.1) is 18.8 Å². The maximum absolute atomic E-state index is 11.0. The molecular weight excluding hydrogens is 508 g/mol. The first-order chi connectivity index (χ1) is 18.3. The van der Waals surface area contributed by atoms with Crippen LogP contribution >= 0.6 is 12.2 Å². The summed E-state index contributed by atoms with van der Waals surface area (Å²) in [4.78, 5) is 22.5. The van der Waals surface area contributed by atoms with Gasteiger partial charge in [-0.3, -0.25) is 10.1 Å². The number of nitro groups is 1. The van der Waals surface area contributed by atoms with Crippen molar-refractivity contribution in [1.29, 1.82) is 0 Å². The van der Waals surface area contributed by atoms with Crippen LogP contribution in [0.25, 0.3) is 10.8 Å². The lowest BCUT2D eigenvalue weighted by molar-refractivity contribution is -0.402. The summed E-state index contributed by atoms with van der Waals surface area (Å²) in [5, 5.41) is 17.9. The number of cyclic esters (lactones) is 1. The summed E-state index contributed by atoms with van der Waals surface area (Å²) >= 11 is 5.41. The number of furan rings is 1. The predicted octanol–water partition coefficient (Wildman–Crippen LogP) is 5.92. The van der Waals surface area contributed by atoms with Crippen molar-refractivity contribution in [3.05, 3.63) is 100 Å². The maximum atomic E-state index is 11.0. The van der Waals surface area contributed by atoms with Crippen LogP contribution in [0.4, 0.5) is 16.4 Å². The molecule has 0 unspecified atom stereocenters. The van der Waals surface area contributed by atoms with Gasteiger partial charge in [0.1, 0.15) is 17.3 Å². The quantitative estimate of drug-likeness (QED) is 0.135. The van der Waals surface area contributed by atoms with Crippen molar-refractivity contribution in [1.82, 2.24) is 5.01 Å². The molecule has 1 aliphatic rings. The summed E-state index contributed by atoms with van der Waals surface area (Å²) in [6.45, 7) is 2.71. The van der Waals surface area contributed by atoms with Gasteiger partial charge in [-0.1, -0.05) is 42.5 Å². The normalized spacial score (nSPS) is 12.7. The second kappa shape index (κ2) is 12.0. The van der Waals surface area contributed by atoms with E-state index in [2.05, 4.69) is 41.0 Å². The van der Waals surface area contributed by atoms with Gasteiger partial charge in [0.15, 0.2) is 5.76 Å². The van der Waals surface area contributed by atoms with Crippen molar-refractivity contribution in [2.45, 2.75) is 6.92 Å². The fourth-order valence-corrected chi connectivity index (χ4v) is 3.67. The number of benzene rings is 3. The molecule has 1 saturated heterocycles. The molecule has 0 saturated carbocycles. The van der Waals surface area contributed by atoms with Crippen molar-refractivity contribution in [2.75, 3.05) is 25.1 Å². The van der Waals surface area contributed by atoms with Crippen molar-refractivity contribution < 1.29 is 23.6 Å². The second-order valence-corrected chi connectivity index (χ2v) is 8.54. The lowest BCUT2D eigenvalue weighted by atomic mass is 10.1. The number of hydrogen-bond donors (Lipinski definition) is 0. The van der Waals surface area contributed by atoms with Gasteiger partial charge in [0, 0.05) is 12.7 Å². The molecule has 1 fully saturated rings. The first-order valence-electron chi connectivity index (χ1n) is 11.5. The van der Waals surface area contributed by atoms with E-state index < -0.39 is 11.0 Å². The first kappa shape index (κ1) is 26.3. The van der Waals surface area contributed by atoms with Crippen LogP contribution in [0.5, 0.6) is 5.75 Å². The van der Waals surface area contributed by atoms with Crippen LogP contribution in [0.2, 0.25) is 0 Å². The number of ether oxygens (including phenoxy) is 2. The van der Waals surface area contributed by atoms with Gasteiger partial charge in [-0.2, -0.15) is 10.1 Å². The zero-order valence-corrected chi connectivity index (χ0v) is 21.5. The monoisotopic (exact) mass is 532 g/mol. The number of aryl methyl sites for hydroxylation is 1. The van der Waals surface area contributed by atoms with Gasteiger partial charge in [-0.25, -0.2) is 4.79 Å². The number of rotatable bonds is 5. The zero-order valence-electron chi connectivity index (χ0n) is 20.6. The Morgan fingerprint density at radius 1 is 1.11 bits per heavy atom. The third-order valence-electron chi connectivity index (χ3n) is 5.45. The fraction of sp³-hybridized carbons (Fsp3) is 0.148. The van der Waals surface area contributed by atoms with Gasteiger partial charge >= 0.3 is 12.0 Å². The molecule has 1 aromatic heterocycles. The van der Waals surface area contributed by atoms with Crippen molar-refractivity contribution in [3.8, 4) is 5.75 Å². The molecule has 2 heterocycles.